The first kappa shape index (κ1) is 55.9. The fourth-order valence-corrected chi connectivity index (χ4v) is 16.2. The molecule has 6 nitrogen and oxygen atoms in total. The van der Waals surface area contributed by atoms with Gasteiger partial charge in [-0.1, -0.05) is 164 Å². The third-order valence-corrected chi connectivity index (χ3v) is 20.2. The van der Waals surface area contributed by atoms with E-state index in [1.165, 1.54) is 18.2 Å². The summed E-state index contributed by atoms with van der Waals surface area (Å²) in [4.78, 5) is 0. The number of aromatic nitrogens is 6. The van der Waals surface area contributed by atoms with Crippen molar-refractivity contribution in [1.29, 1.82) is 0 Å². The van der Waals surface area contributed by atoms with E-state index in [4.69, 9.17) is 0 Å². The van der Waals surface area contributed by atoms with Crippen LogP contribution in [0.3, 0.4) is 0 Å². The van der Waals surface area contributed by atoms with Crippen LogP contribution in [0.25, 0.3) is 176 Å². The fourth-order valence-electron chi connectivity index (χ4n) is 16.2. The molecule has 12 heteroatoms. The standard InChI is InChI=1S/C86H50F6N6/c87-85(88,89)52-19-17-18-51(46-52)57-40-45-82(97-78-41-36-53(93-70-28-9-1-20-58(70)59-21-2-10-29-71(59)93)47-66(78)67-48-54(37-42-79(67)97)94-72-30-11-3-22-60(72)61-23-4-12-31-73(61)94)83(86(90,91)92)84(57)98-80-43-38-55(95-74-32-13-5-24-62(74)63-25-6-14-33-75(63)95)49-68(80)69-50-56(39-44-81(69)98)96-76-34-15-7-26-64(76)65-27-8-16-35-77(65)96/h1-50H. The van der Waals surface area contributed by atoms with Crippen LogP contribution in [0.15, 0.2) is 303 Å². The van der Waals surface area contributed by atoms with Crippen LogP contribution >= 0.6 is 0 Å². The lowest BCUT2D eigenvalue weighted by Crippen LogP contribution is -2.17. The Kier molecular flexibility index (Phi) is 11.7. The second-order valence-corrected chi connectivity index (χ2v) is 25.4. The average Bonchev–Trinajstić information content (AvgIpc) is 1.59. The summed E-state index contributed by atoms with van der Waals surface area (Å²) in [5.41, 5.74) is 9.90. The lowest BCUT2D eigenvalue weighted by Gasteiger charge is -2.25. The van der Waals surface area contributed by atoms with Gasteiger partial charge in [-0.15, -0.1) is 0 Å². The number of halogens is 6. The van der Waals surface area contributed by atoms with E-state index in [1.54, 1.807) is 15.2 Å². The molecular formula is C86H50F6N6. The largest absolute Gasteiger partial charge is 0.420 e. The van der Waals surface area contributed by atoms with E-state index >= 15 is 26.3 Å². The minimum atomic E-state index is -5.16. The van der Waals surface area contributed by atoms with Crippen LogP contribution in [0.1, 0.15) is 11.1 Å². The van der Waals surface area contributed by atoms with E-state index < -0.39 is 23.5 Å². The smallest absolute Gasteiger partial charge is 0.309 e. The molecule has 466 valence electrons. The van der Waals surface area contributed by atoms with Crippen molar-refractivity contribution in [1.82, 2.24) is 27.4 Å². The van der Waals surface area contributed by atoms with Crippen molar-refractivity contribution in [2.45, 2.75) is 12.4 Å². The minimum Gasteiger partial charge on any atom is -0.309 e. The van der Waals surface area contributed by atoms with Crippen LogP contribution in [0.4, 0.5) is 26.3 Å². The highest BCUT2D eigenvalue weighted by atomic mass is 19.4. The predicted octanol–water partition coefficient (Wildman–Crippen LogP) is 24.0. The molecule has 0 unspecified atom stereocenters. The highest BCUT2D eigenvalue weighted by Gasteiger charge is 2.41. The SMILES string of the molecule is FC(F)(F)c1cccc(-c2ccc(-n3c4ccc(-n5c6ccccc6c6ccccc65)cc4c4cc(-n5c6ccccc6c6ccccc65)ccc43)c(C(F)(F)F)c2-n2c3ccc(-n4c5ccccc5c5ccccc54)cc3c3cc(-n4c5ccccc5c5ccccc54)ccc32)c1. The van der Waals surface area contributed by atoms with Gasteiger partial charge in [-0.3, -0.25) is 0 Å². The second-order valence-electron chi connectivity index (χ2n) is 25.4. The van der Waals surface area contributed by atoms with Crippen molar-refractivity contribution in [2.75, 3.05) is 0 Å². The van der Waals surface area contributed by atoms with Gasteiger partial charge in [0, 0.05) is 92.9 Å². The maximum atomic E-state index is 18.0. The van der Waals surface area contributed by atoms with Gasteiger partial charge in [0.25, 0.3) is 0 Å². The molecule has 0 radical (unpaired) electrons. The Hall–Kier alpha value is -12.5. The van der Waals surface area contributed by atoms with Gasteiger partial charge in [0.2, 0.25) is 0 Å². The van der Waals surface area contributed by atoms with Crippen LogP contribution in [-0.4, -0.2) is 27.4 Å². The number of hydrogen-bond acceptors (Lipinski definition) is 0. The predicted molar refractivity (Wildman–Crippen MR) is 388 cm³/mol. The first-order valence-electron chi connectivity index (χ1n) is 32.5. The number of fused-ring (bicyclic) bond motifs is 18. The molecule has 0 aliphatic rings. The van der Waals surface area contributed by atoms with E-state index in [0.717, 1.165) is 122 Å². The zero-order chi connectivity index (χ0) is 65.4. The first-order chi connectivity index (χ1) is 47.9. The molecule has 0 aliphatic carbocycles. The molecule has 20 aromatic rings. The molecule has 0 spiro atoms. The summed E-state index contributed by atoms with van der Waals surface area (Å²) in [7, 11) is 0. The van der Waals surface area contributed by atoms with Crippen molar-refractivity contribution >= 4 is 131 Å². The molecule has 6 aromatic heterocycles. The number of alkyl halides is 6. The molecule has 20 rings (SSSR count). The van der Waals surface area contributed by atoms with E-state index in [-0.39, 0.29) is 22.5 Å². The van der Waals surface area contributed by atoms with Gasteiger partial charge in [0.15, 0.2) is 0 Å². The molecule has 0 bridgehead atoms. The Morgan fingerprint density at radius 2 is 0.480 bits per heavy atom. The molecule has 0 saturated carbocycles. The lowest BCUT2D eigenvalue weighted by atomic mass is 9.95. The van der Waals surface area contributed by atoms with Crippen molar-refractivity contribution < 1.29 is 26.3 Å². The molecule has 14 aromatic carbocycles. The topological polar surface area (TPSA) is 29.6 Å². The molecule has 0 atom stereocenters. The number of para-hydroxylation sites is 8. The maximum Gasteiger partial charge on any atom is 0.420 e. The zero-order valence-corrected chi connectivity index (χ0v) is 51.8. The van der Waals surface area contributed by atoms with E-state index in [2.05, 4.69) is 127 Å². The van der Waals surface area contributed by atoms with Crippen LogP contribution in [0, 0.1) is 0 Å². The summed E-state index contributed by atoms with van der Waals surface area (Å²) in [5.74, 6) is 0. The van der Waals surface area contributed by atoms with Crippen LogP contribution < -0.4 is 0 Å². The van der Waals surface area contributed by atoms with E-state index in [0.29, 0.717) is 43.6 Å². The van der Waals surface area contributed by atoms with Gasteiger partial charge in [-0.2, -0.15) is 26.3 Å². The quantitative estimate of drug-likeness (QED) is 0.142. The van der Waals surface area contributed by atoms with E-state index in [1.807, 2.05) is 158 Å². The van der Waals surface area contributed by atoms with Crippen molar-refractivity contribution in [3.63, 3.8) is 0 Å². The summed E-state index contributed by atoms with van der Waals surface area (Å²) in [6, 6.07) is 96.7. The summed E-state index contributed by atoms with van der Waals surface area (Å²) in [6.45, 7) is 0. The summed E-state index contributed by atoms with van der Waals surface area (Å²) in [5, 5.41) is 11.0. The fraction of sp³-hybridized carbons (Fsp3) is 0.0233. The number of nitrogens with zero attached hydrogens (tertiary/aromatic N) is 6. The van der Waals surface area contributed by atoms with Crippen molar-refractivity contribution in [3.05, 3.63) is 314 Å². The summed E-state index contributed by atoms with van der Waals surface area (Å²) < 4.78 is 112. The van der Waals surface area contributed by atoms with Crippen LogP contribution in [0.2, 0.25) is 0 Å². The summed E-state index contributed by atoms with van der Waals surface area (Å²) >= 11 is 0. The normalized spacial score (nSPS) is 12.6. The Morgan fingerprint density at radius 1 is 0.204 bits per heavy atom. The molecule has 98 heavy (non-hydrogen) atoms. The minimum absolute atomic E-state index is 0.0421. The maximum absolute atomic E-state index is 18.0. The monoisotopic (exact) mass is 1280 g/mol. The number of hydrogen-bond donors (Lipinski definition) is 0. The highest BCUT2D eigenvalue weighted by Crippen LogP contribution is 2.50. The van der Waals surface area contributed by atoms with Crippen molar-refractivity contribution in [2.24, 2.45) is 0 Å². The molecule has 0 fully saturated rings. The molecule has 0 aliphatic heterocycles. The van der Waals surface area contributed by atoms with E-state index in [9.17, 15) is 0 Å². The van der Waals surface area contributed by atoms with Crippen LogP contribution in [0.5, 0.6) is 0 Å². The van der Waals surface area contributed by atoms with Gasteiger partial charge < -0.3 is 27.4 Å². The number of rotatable bonds is 7. The Balaban J connectivity index is 0.917. The molecular weight excluding hydrogens is 1230 g/mol. The van der Waals surface area contributed by atoms with Gasteiger partial charge in [-0.05, 0) is 145 Å². The third kappa shape index (κ3) is 7.99. The molecule has 6 heterocycles. The van der Waals surface area contributed by atoms with Gasteiger partial charge in [0.05, 0.1) is 83.1 Å². The van der Waals surface area contributed by atoms with Crippen LogP contribution in [-0.2, 0) is 12.4 Å². The zero-order valence-electron chi connectivity index (χ0n) is 51.8. The Morgan fingerprint density at radius 3 is 0.765 bits per heavy atom. The first-order valence-corrected chi connectivity index (χ1v) is 32.5. The summed E-state index contributed by atoms with van der Waals surface area (Å²) in [6.07, 6.45) is -9.98. The third-order valence-electron chi connectivity index (χ3n) is 20.2. The van der Waals surface area contributed by atoms with Gasteiger partial charge >= 0.3 is 12.4 Å². The molecule has 0 saturated heterocycles. The van der Waals surface area contributed by atoms with Gasteiger partial charge in [-0.25, -0.2) is 0 Å². The van der Waals surface area contributed by atoms with Crippen molar-refractivity contribution in [3.8, 4) is 45.3 Å². The molecule has 0 amide bonds. The Labute approximate surface area is 553 Å². The highest BCUT2D eigenvalue weighted by molar-refractivity contribution is 6.17. The second kappa shape index (κ2) is 20.5. The molecule has 0 N–H and O–H groups in total. The number of benzene rings is 14. The lowest BCUT2D eigenvalue weighted by molar-refractivity contribution is -0.138. The Bertz CT molecular complexity index is 6250. The van der Waals surface area contributed by atoms with Gasteiger partial charge in [0.1, 0.15) is 5.56 Å². The average molecular weight is 1280 g/mol.